The number of ether oxygens (including phenoxy) is 1. The Labute approximate surface area is 85.5 Å². The Morgan fingerprint density at radius 1 is 1.64 bits per heavy atom. The van der Waals surface area contributed by atoms with Gasteiger partial charge in [-0.05, 0) is 13.3 Å². The molecule has 14 heavy (non-hydrogen) atoms. The Morgan fingerprint density at radius 2 is 2.29 bits per heavy atom. The van der Waals surface area contributed by atoms with Gasteiger partial charge in [0.1, 0.15) is 0 Å². The molecule has 0 spiro atoms. The fraction of sp³-hybridized carbons (Fsp3) is 0.800. The van der Waals surface area contributed by atoms with Crippen LogP contribution in [0.1, 0.15) is 19.8 Å². The summed E-state index contributed by atoms with van der Waals surface area (Å²) in [7, 11) is 3.34. The first-order valence-electron chi connectivity index (χ1n) is 4.74. The summed E-state index contributed by atoms with van der Waals surface area (Å²) in [6, 6.07) is 2.10. The first kappa shape index (κ1) is 12.9. The Balaban J connectivity index is 3.71. The fourth-order valence-corrected chi connectivity index (χ4v) is 1.11. The average molecular weight is 198 g/mol. The molecule has 0 heterocycles. The van der Waals surface area contributed by atoms with Crippen LogP contribution < -0.4 is 0 Å². The standard InChI is InChI=1S/C10H18N2O2/c1-9(7-11)8-12(2)10(13)5-4-6-14-3/h9H,4-6,8H2,1-3H3. The Kier molecular flexibility index (Phi) is 6.77. The SMILES string of the molecule is COCCCC(=O)N(C)CC(C)C#N. The smallest absolute Gasteiger partial charge is 0.222 e. The van der Waals surface area contributed by atoms with E-state index in [9.17, 15) is 4.79 Å². The second-order valence-corrected chi connectivity index (χ2v) is 3.40. The normalized spacial score (nSPS) is 11.9. The quantitative estimate of drug-likeness (QED) is 0.599. The number of hydrogen-bond acceptors (Lipinski definition) is 3. The van der Waals surface area contributed by atoms with Crippen molar-refractivity contribution >= 4 is 5.91 Å². The van der Waals surface area contributed by atoms with Gasteiger partial charge in [0, 0.05) is 33.7 Å². The van der Waals surface area contributed by atoms with E-state index in [0.29, 0.717) is 19.6 Å². The highest BCUT2D eigenvalue weighted by molar-refractivity contribution is 5.75. The molecule has 1 unspecified atom stereocenters. The summed E-state index contributed by atoms with van der Waals surface area (Å²) < 4.78 is 4.85. The molecule has 0 aromatic carbocycles. The molecular weight excluding hydrogens is 180 g/mol. The van der Waals surface area contributed by atoms with Crippen molar-refractivity contribution in [2.24, 2.45) is 5.92 Å². The van der Waals surface area contributed by atoms with Crippen LogP contribution in [-0.2, 0) is 9.53 Å². The van der Waals surface area contributed by atoms with Crippen molar-refractivity contribution < 1.29 is 9.53 Å². The van der Waals surface area contributed by atoms with E-state index in [1.54, 1.807) is 26.0 Å². The zero-order chi connectivity index (χ0) is 11.0. The predicted octanol–water partition coefficient (Wildman–Crippen LogP) is 1.03. The monoisotopic (exact) mass is 198 g/mol. The highest BCUT2D eigenvalue weighted by atomic mass is 16.5. The lowest BCUT2D eigenvalue weighted by atomic mass is 10.2. The Hall–Kier alpha value is -1.08. The van der Waals surface area contributed by atoms with Gasteiger partial charge >= 0.3 is 0 Å². The molecule has 0 saturated heterocycles. The minimum atomic E-state index is -0.105. The van der Waals surface area contributed by atoms with Gasteiger partial charge in [-0.2, -0.15) is 5.26 Å². The first-order valence-corrected chi connectivity index (χ1v) is 4.74. The van der Waals surface area contributed by atoms with Crippen molar-refractivity contribution in [1.29, 1.82) is 5.26 Å². The zero-order valence-corrected chi connectivity index (χ0v) is 9.12. The van der Waals surface area contributed by atoms with Gasteiger partial charge in [0.15, 0.2) is 0 Å². The van der Waals surface area contributed by atoms with Gasteiger partial charge in [0.2, 0.25) is 5.91 Å². The summed E-state index contributed by atoms with van der Waals surface area (Å²) in [5.41, 5.74) is 0. The third-order valence-corrected chi connectivity index (χ3v) is 1.93. The molecule has 0 radical (unpaired) electrons. The fourth-order valence-electron chi connectivity index (χ4n) is 1.11. The first-order chi connectivity index (χ1) is 6.61. The van der Waals surface area contributed by atoms with Gasteiger partial charge in [0.05, 0.1) is 12.0 Å². The van der Waals surface area contributed by atoms with Crippen LogP contribution in [0.3, 0.4) is 0 Å². The van der Waals surface area contributed by atoms with E-state index in [1.165, 1.54) is 0 Å². The maximum atomic E-state index is 11.4. The van der Waals surface area contributed by atoms with Crippen LogP contribution in [0.5, 0.6) is 0 Å². The summed E-state index contributed by atoms with van der Waals surface area (Å²) >= 11 is 0. The summed E-state index contributed by atoms with van der Waals surface area (Å²) in [5.74, 6) is -0.0319. The number of nitrogens with zero attached hydrogens (tertiary/aromatic N) is 2. The lowest BCUT2D eigenvalue weighted by Crippen LogP contribution is -2.30. The van der Waals surface area contributed by atoms with Gasteiger partial charge in [-0.25, -0.2) is 0 Å². The number of rotatable bonds is 6. The molecule has 1 amide bonds. The average Bonchev–Trinajstić information content (AvgIpc) is 2.17. The van der Waals surface area contributed by atoms with Crippen molar-refractivity contribution in [3.8, 4) is 6.07 Å². The van der Waals surface area contributed by atoms with Gasteiger partial charge in [-0.3, -0.25) is 4.79 Å². The van der Waals surface area contributed by atoms with Crippen LogP contribution in [0, 0.1) is 17.2 Å². The van der Waals surface area contributed by atoms with Gasteiger partial charge in [-0.15, -0.1) is 0 Å². The molecule has 0 N–H and O–H groups in total. The maximum Gasteiger partial charge on any atom is 0.222 e. The van der Waals surface area contributed by atoms with E-state index in [0.717, 1.165) is 6.42 Å². The molecular formula is C10H18N2O2. The number of methoxy groups -OCH3 is 1. The minimum Gasteiger partial charge on any atom is -0.385 e. The third kappa shape index (κ3) is 5.55. The molecule has 0 aromatic heterocycles. The minimum absolute atomic E-state index is 0.0733. The summed E-state index contributed by atoms with van der Waals surface area (Å²) in [6.07, 6.45) is 1.23. The van der Waals surface area contributed by atoms with E-state index >= 15 is 0 Å². The molecule has 0 fully saturated rings. The second kappa shape index (κ2) is 7.34. The molecule has 0 rings (SSSR count). The number of hydrogen-bond donors (Lipinski definition) is 0. The molecule has 80 valence electrons. The largest absolute Gasteiger partial charge is 0.385 e. The molecule has 0 bridgehead atoms. The van der Waals surface area contributed by atoms with Crippen molar-refractivity contribution in [3.63, 3.8) is 0 Å². The molecule has 0 aliphatic carbocycles. The van der Waals surface area contributed by atoms with E-state index < -0.39 is 0 Å². The van der Waals surface area contributed by atoms with Crippen LogP contribution in [0.25, 0.3) is 0 Å². The zero-order valence-electron chi connectivity index (χ0n) is 9.12. The molecule has 0 aromatic rings. The van der Waals surface area contributed by atoms with Gasteiger partial charge < -0.3 is 9.64 Å². The second-order valence-electron chi connectivity index (χ2n) is 3.40. The van der Waals surface area contributed by atoms with Crippen LogP contribution in [-0.4, -0.2) is 38.1 Å². The summed E-state index contributed by atoms with van der Waals surface area (Å²) in [4.78, 5) is 13.0. The number of nitriles is 1. The van der Waals surface area contributed by atoms with Crippen LogP contribution in [0.4, 0.5) is 0 Å². The summed E-state index contributed by atoms with van der Waals surface area (Å²) in [5, 5.41) is 8.57. The topological polar surface area (TPSA) is 53.3 Å². The molecule has 0 aliphatic heterocycles. The number of amides is 1. The number of carbonyl (C=O) groups is 1. The van der Waals surface area contributed by atoms with Crippen LogP contribution in [0.2, 0.25) is 0 Å². The highest BCUT2D eigenvalue weighted by Crippen LogP contribution is 2.00. The van der Waals surface area contributed by atoms with E-state index in [1.807, 2.05) is 0 Å². The van der Waals surface area contributed by atoms with E-state index in [-0.39, 0.29) is 11.8 Å². The van der Waals surface area contributed by atoms with Crippen molar-refractivity contribution in [3.05, 3.63) is 0 Å². The van der Waals surface area contributed by atoms with E-state index in [4.69, 9.17) is 10.00 Å². The van der Waals surface area contributed by atoms with Crippen molar-refractivity contribution in [1.82, 2.24) is 4.90 Å². The molecule has 0 aliphatic rings. The van der Waals surface area contributed by atoms with E-state index in [2.05, 4.69) is 6.07 Å². The van der Waals surface area contributed by atoms with Crippen molar-refractivity contribution in [2.75, 3.05) is 27.3 Å². The summed E-state index contributed by atoms with van der Waals surface area (Å²) in [6.45, 7) is 2.91. The van der Waals surface area contributed by atoms with Crippen LogP contribution in [0.15, 0.2) is 0 Å². The van der Waals surface area contributed by atoms with Crippen molar-refractivity contribution in [2.45, 2.75) is 19.8 Å². The lowest BCUT2D eigenvalue weighted by molar-refractivity contribution is -0.130. The molecule has 0 saturated carbocycles. The Bertz CT molecular complexity index is 211. The number of carbonyl (C=O) groups excluding carboxylic acids is 1. The van der Waals surface area contributed by atoms with Gasteiger partial charge in [0.25, 0.3) is 0 Å². The maximum absolute atomic E-state index is 11.4. The molecule has 4 heteroatoms. The van der Waals surface area contributed by atoms with Crippen LogP contribution >= 0.6 is 0 Å². The predicted molar refractivity (Wildman–Crippen MR) is 53.5 cm³/mol. The Morgan fingerprint density at radius 3 is 2.79 bits per heavy atom. The van der Waals surface area contributed by atoms with Gasteiger partial charge in [-0.1, -0.05) is 0 Å². The highest BCUT2D eigenvalue weighted by Gasteiger charge is 2.11. The third-order valence-electron chi connectivity index (χ3n) is 1.93. The lowest BCUT2D eigenvalue weighted by Gasteiger charge is -2.17. The molecule has 4 nitrogen and oxygen atoms in total. The molecule has 1 atom stereocenters.